The van der Waals surface area contributed by atoms with Gasteiger partial charge in [0.25, 0.3) is 10.1 Å². The average molecular weight is 383 g/mol. The third kappa shape index (κ3) is 9.72. The van der Waals surface area contributed by atoms with Gasteiger partial charge in [0, 0.05) is 0 Å². The van der Waals surface area contributed by atoms with Crippen LogP contribution in [0, 0.1) is 0 Å². The average Bonchev–Trinajstić information content (AvgIpc) is 2.61. The molecule has 1 aromatic carbocycles. The molecular weight excluding hydrogens is 344 g/mol. The smallest absolute Gasteiger partial charge is 0.282 e. The van der Waals surface area contributed by atoms with Gasteiger partial charge in [-0.05, 0) is 24.0 Å². The SMILES string of the molecule is CCCCCCCCCCCCCCC(C)c1ccccc1S(=O)(=O)O. The lowest BCUT2D eigenvalue weighted by Crippen LogP contribution is -2.05. The van der Waals surface area contributed by atoms with Crippen molar-refractivity contribution in [3.8, 4) is 0 Å². The molecule has 0 radical (unpaired) electrons. The van der Waals surface area contributed by atoms with Gasteiger partial charge in [0.2, 0.25) is 0 Å². The highest BCUT2D eigenvalue weighted by Gasteiger charge is 2.18. The molecule has 1 atom stereocenters. The molecule has 0 spiro atoms. The van der Waals surface area contributed by atoms with Gasteiger partial charge in [-0.15, -0.1) is 0 Å². The predicted octanol–water partition coefficient (Wildman–Crippen LogP) is 7.13. The first-order valence-corrected chi connectivity index (χ1v) is 12.0. The zero-order valence-electron chi connectivity index (χ0n) is 16.8. The van der Waals surface area contributed by atoms with Crippen LogP contribution in [0.3, 0.4) is 0 Å². The maximum atomic E-state index is 11.5. The van der Waals surface area contributed by atoms with E-state index in [1.807, 2.05) is 19.1 Å². The van der Waals surface area contributed by atoms with Crippen LogP contribution in [-0.4, -0.2) is 13.0 Å². The Morgan fingerprint density at radius 3 is 1.77 bits per heavy atom. The van der Waals surface area contributed by atoms with E-state index < -0.39 is 10.1 Å². The minimum absolute atomic E-state index is 0.0615. The molecule has 3 nitrogen and oxygen atoms in total. The minimum atomic E-state index is -4.13. The fourth-order valence-corrected chi connectivity index (χ4v) is 4.39. The molecule has 1 rings (SSSR count). The highest BCUT2D eigenvalue weighted by Crippen LogP contribution is 2.28. The first-order valence-electron chi connectivity index (χ1n) is 10.5. The molecule has 0 aliphatic heterocycles. The fraction of sp³-hybridized carbons (Fsp3) is 0.727. The van der Waals surface area contributed by atoms with E-state index in [-0.39, 0.29) is 10.8 Å². The number of rotatable bonds is 15. The highest BCUT2D eigenvalue weighted by molar-refractivity contribution is 7.85. The summed E-state index contributed by atoms with van der Waals surface area (Å²) in [5, 5.41) is 0. The maximum Gasteiger partial charge on any atom is 0.294 e. The largest absolute Gasteiger partial charge is 0.294 e. The van der Waals surface area contributed by atoms with E-state index in [2.05, 4.69) is 6.92 Å². The van der Waals surface area contributed by atoms with Crippen LogP contribution in [0.1, 0.15) is 109 Å². The third-order valence-corrected chi connectivity index (χ3v) is 6.15. The van der Waals surface area contributed by atoms with E-state index in [4.69, 9.17) is 0 Å². The van der Waals surface area contributed by atoms with E-state index in [9.17, 15) is 13.0 Å². The van der Waals surface area contributed by atoms with Crippen LogP contribution in [-0.2, 0) is 10.1 Å². The lowest BCUT2D eigenvalue weighted by molar-refractivity contribution is 0.479. The standard InChI is InChI=1S/C22H38O3S/c1-3-4-5-6-7-8-9-10-11-12-13-14-17-20(2)21-18-15-16-19-22(21)26(23,24)25/h15-16,18-20H,3-14,17H2,1-2H3,(H,23,24,25). The quantitative estimate of drug-likeness (QED) is 0.259. The van der Waals surface area contributed by atoms with Crippen LogP contribution in [0.5, 0.6) is 0 Å². The van der Waals surface area contributed by atoms with Crippen molar-refractivity contribution >= 4 is 10.1 Å². The van der Waals surface area contributed by atoms with Crippen LogP contribution in [0.15, 0.2) is 29.2 Å². The van der Waals surface area contributed by atoms with Crippen molar-refractivity contribution in [2.45, 2.75) is 108 Å². The van der Waals surface area contributed by atoms with Crippen LogP contribution in [0.2, 0.25) is 0 Å². The van der Waals surface area contributed by atoms with Crippen molar-refractivity contribution in [2.75, 3.05) is 0 Å². The number of unbranched alkanes of at least 4 members (excludes halogenated alkanes) is 11. The van der Waals surface area contributed by atoms with E-state index in [1.54, 1.807) is 6.07 Å². The van der Waals surface area contributed by atoms with Gasteiger partial charge in [0.15, 0.2) is 0 Å². The third-order valence-electron chi connectivity index (χ3n) is 5.22. The van der Waals surface area contributed by atoms with Crippen molar-refractivity contribution in [2.24, 2.45) is 0 Å². The van der Waals surface area contributed by atoms with Gasteiger partial charge in [-0.1, -0.05) is 109 Å². The Balaban J connectivity index is 2.12. The van der Waals surface area contributed by atoms with Crippen molar-refractivity contribution in [3.05, 3.63) is 29.8 Å². The number of benzene rings is 1. The van der Waals surface area contributed by atoms with Gasteiger partial charge >= 0.3 is 0 Å². The van der Waals surface area contributed by atoms with Crippen molar-refractivity contribution < 1.29 is 13.0 Å². The number of hydrogen-bond donors (Lipinski definition) is 1. The van der Waals surface area contributed by atoms with Crippen molar-refractivity contribution in [1.82, 2.24) is 0 Å². The molecule has 26 heavy (non-hydrogen) atoms. The molecule has 1 aromatic rings. The summed E-state index contributed by atoms with van der Waals surface area (Å²) in [5.74, 6) is 0.149. The van der Waals surface area contributed by atoms with E-state index in [1.165, 1.54) is 76.7 Å². The first kappa shape index (κ1) is 23.2. The van der Waals surface area contributed by atoms with Gasteiger partial charge in [-0.25, -0.2) is 0 Å². The fourth-order valence-electron chi connectivity index (χ4n) is 3.57. The Morgan fingerprint density at radius 1 is 0.808 bits per heavy atom. The minimum Gasteiger partial charge on any atom is -0.282 e. The summed E-state index contributed by atoms with van der Waals surface area (Å²) in [6, 6.07) is 6.80. The van der Waals surface area contributed by atoms with Crippen molar-refractivity contribution in [3.63, 3.8) is 0 Å². The Kier molecular flexibility index (Phi) is 11.9. The molecule has 0 heterocycles. The molecule has 0 saturated heterocycles. The summed E-state index contributed by atoms with van der Waals surface area (Å²) >= 11 is 0. The monoisotopic (exact) mass is 382 g/mol. The molecule has 0 fully saturated rings. The maximum absolute atomic E-state index is 11.5. The van der Waals surface area contributed by atoms with Crippen LogP contribution in [0.4, 0.5) is 0 Å². The van der Waals surface area contributed by atoms with Gasteiger partial charge in [-0.3, -0.25) is 4.55 Å². The zero-order chi connectivity index (χ0) is 19.3. The summed E-state index contributed by atoms with van der Waals surface area (Å²) in [7, 11) is -4.13. The van der Waals surface area contributed by atoms with Gasteiger partial charge in [0.05, 0.1) is 4.90 Å². The molecular formula is C22H38O3S. The summed E-state index contributed by atoms with van der Waals surface area (Å²) in [6.07, 6.45) is 16.8. The second kappa shape index (κ2) is 13.3. The predicted molar refractivity (Wildman–Crippen MR) is 110 cm³/mol. The van der Waals surface area contributed by atoms with Crippen LogP contribution >= 0.6 is 0 Å². The Bertz CT molecular complexity index is 581. The molecule has 1 N–H and O–H groups in total. The van der Waals surface area contributed by atoms with E-state index in [0.29, 0.717) is 0 Å². The topological polar surface area (TPSA) is 54.4 Å². The summed E-state index contributed by atoms with van der Waals surface area (Å²) in [5.41, 5.74) is 0.734. The molecule has 0 saturated carbocycles. The molecule has 0 aliphatic carbocycles. The van der Waals surface area contributed by atoms with Crippen molar-refractivity contribution in [1.29, 1.82) is 0 Å². The van der Waals surface area contributed by atoms with E-state index in [0.717, 1.165) is 18.4 Å². The second-order valence-corrected chi connectivity index (χ2v) is 8.98. The van der Waals surface area contributed by atoms with Crippen LogP contribution < -0.4 is 0 Å². The summed E-state index contributed by atoms with van der Waals surface area (Å²) in [6.45, 7) is 4.30. The molecule has 150 valence electrons. The molecule has 0 aliphatic rings. The number of hydrogen-bond acceptors (Lipinski definition) is 2. The van der Waals surface area contributed by atoms with Gasteiger partial charge in [-0.2, -0.15) is 8.42 Å². The van der Waals surface area contributed by atoms with Gasteiger partial charge in [0.1, 0.15) is 0 Å². The second-order valence-electron chi connectivity index (χ2n) is 7.59. The molecule has 1 unspecified atom stereocenters. The molecule has 0 bridgehead atoms. The highest BCUT2D eigenvalue weighted by atomic mass is 32.2. The summed E-state index contributed by atoms with van der Waals surface area (Å²) < 4.78 is 32.3. The van der Waals surface area contributed by atoms with E-state index >= 15 is 0 Å². The Hall–Kier alpha value is -0.870. The lowest BCUT2D eigenvalue weighted by atomic mass is 9.94. The van der Waals surface area contributed by atoms with Crippen LogP contribution in [0.25, 0.3) is 0 Å². The zero-order valence-corrected chi connectivity index (χ0v) is 17.6. The lowest BCUT2D eigenvalue weighted by Gasteiger charge is -2.14. The van der Waals surface area contributed by atoms with Gasteiger partial charge < -0.3 is 0 Å². The molecule has 0 aromatic heterocycles. The first-order chi connectivity index (χ1) is 12.5. The Labute approximate surface area is 161 Å². The normalized spacial score (nSPS) is 13.0. The molecule has 0 amide bonds. The Morgan fingerprint density at radius 2 is 1.27 bits per heavy atom. The molecule has 4 heteroatoms. The summed E-state index contributed by atoms with van der Waals surface area (Å²) in [4.78, 5) is 0.0615.